The first-order valence-electron chi connectivity index (χ1n) is 5.36. The van der Waals surface area contributed by atoms with E-state index >= 15 is 0 Å². The smallest absolute Gasteiger partial charge is 0.390 e. The average Bonchev–Trinajstić information content (AvgIpc) is 2.16. The summed E-state index contributed by atoms with van der Waals surface area (Å²) in [6.45, 7) is 5.81. The van der Waals surface area contributed by atoms with Crippen LogP contribution >= 0.6 is 7.60 Å². The maximum atomic E-state index is 12.0. The fourth-order valence-electron chi connectivity index (χ4n) is 1.15. The molecule has 0 aromatic heterocycles. The van der Waals surface area contributed by atoms with Gasteiger partial charge in [0.15, 0.2) is 0 Å². The predicted molar refractivity (Wildman–Crippen MR) is 62.4 cm³/mol. The van der Waals surface area contributed by atoms with Crippen LogP contribution in [0.15, 0.2) is 0 Å². The van der Waals surface area contributed by atoms with Gasteiger partial charge < -0.3 is 23.1 Å². The first-order valence-corrected chi connectivity index (χ1v) is 9.09. The zero-order valence-corrected chi connectivity index (χ0v) is 11.9. The molecule has 0 aliphatic heterocycles. The molecule has 0 spiro atoms. The Morgan fingerprint density at radius 3 is 1.94 bits per heavy atom. The Bertz CT molecular complexity index is 225. The summed E-state index contributed by atoms with van der Waals surface area (Å²) >= 11 is 0. The van der Waals surface area contributed by atoms with E-state index in [1.165, 1.54) is 0 Å². The van der Waals surface area contributed by atoms with Crippen molar-refractivity contribution >= 4 is 16.4 Å². The Morgan fingerprint density at radius 2 is 1.56 bits per heavy atom. The molecule has 0 rings (SSSR count). The zero-order valence-electron chi connectivity index (χ0n) is 10.0. The highest BCUT2D eigenvalue weighted by Crippen LogP contribution is 2.49. The van der Waals surface area contributed by atoms with E-state index in [0.29, 0.717) is 0 Å². The number of rotatable bonds is 9. The summed E-state index contributed by atoms with van der Waals surface area (Å²) in [5.74, 6) is 0. The quantitative estimate of drug-likeness (QED) is 0.485. The molecule has 0 aliphatic carbocycles. The summed E-state index contributed by atoms with van der Waals surface area (Å²) in [5, 5.41) is 0. The van der Waals surface area contributed by atoms with Crippen molar-refractivity contribution < 1.29 is 27.6 Å². The lowest BCUT2D eigenvalue weighted by Crippen LogP contribution is -2.39. The molecule has 0 aliphatic rings. The molecule has 0 amide bonds. The summed E-state index contributed by atoms with van der Waals surface area (Å²) in [4.78, 5) is 18.9. The third-order valence-electron chi connectivity index (χ3n) is 1.74. The Morgan fingerprint density at radius 1 is 1.06 bits per heavy atom. The van der Waals surface area contributed by atoms with Crippen LogP contribution in [0.25, 0.3) is 0 Å². The summed E-state index contributed by atoms with van der Waals surface area (Å²) in [6, 6.07) is -0.0852. The molecule has 0 aromatic rings. The minimum absolute atomic E-state index is 0.0338. The highest BCUT2D eigenvalue weighted by atomic mass is 31.2. The second kappa shape index (κ2) is 7.55. The Labute approximate surface area is 97.4 Å². The normalized spacial score (nSPS) is 13.1. The van der Waals surface area contributed by atoms with E-state index in [1.54, 1.807) is 20.8 Å². The summed E-state index contributed by atoms with van der Waals surface area (Å²) in [5.41, 5.74) is 0. The third kappa shape index (κ3) is 6.75. The number of hydrogen-bond acceptors (Lipinski definition) is 6. The van der Waals surface area contributed by atoms with Crippen LogP contribution in [0.5, 0.6) is 0 Å². The van der Waals surface area contributed by atoms with Crippen LogP contribution in [0, 0.1) is 0 Å². The van der Waals surface area contributed by atoms with Gasteiger partial charge in [-0.2, -0.15) is 0 Å². The Balaban J connectivity index is 4.26. The molecule has 0 saturated carbocycles. The van der Waals surface area contributed by atoms with E-state index in [2.05, 4.69) is 0 Å². The molecule has 98 valence electrons. The van der Waals surface area contributed by atoms with Crippen molar-refractivity contribution in [1.29, 1.82) is 0 Å². The first-order chi connectivity index (χ1) is 7.39. The lowest BCUT2D eigenvalue weighted by Gasteiger charge is -2.21. The maximum absolute atomic E-state index is 12.0. The molecule has 0 saturated heterocycles. The van der Waals surface area contributed by atoms with Gasteiger partial charge in [0.05, 0.1) is 19.4 Å². The van der Waals surface area contributed by atoms with Gasteiger partial charge in [-0.3, -0.25) is 4.57 Å². The van der Waals surface area contributed by atoms with Crippen molar-refractivity contribution in [3.63, 3.8) is 0 Å². The van der Waals surface area contributed by atoms with Gasteiger partial charge in [0, 0.05) is 12.7 Å². The molecule has 0 heterocycles. The van der Waals surface area contributed by atoms with Gasteiger partial charge >= 0.3 is 16.4 Å². The lowest BCUT2D eigenvalue weighted by molar-refractivity contribution is 0.155. The summed E-state index contributed by atoms with van der Waals surface area (Å²) < 4.78 is 26.8. The van der Waals surface area contributed by atoms with Gasteiger partial charge in [-0.05, 0) is 20.8 Å². The van der Waals surface area contributed by atoms with Crippen molar-refractivity contribution in [2.75, 3.05) is 26.0 Å². The van der Waals surface area contributed by atoms with Gasteiger partial charge in [-0.1, -0.05) is 0 Å². The van der Waals surface area contributed by atoms with Crippen LogP contribution in [-0.4, -0.2) is 44.4 Å². The molecule has 0 aromatic carbocycles. The van der Waals surface area contributed by atoms with Crippen LogP contribution in [0.4, 0.5) is 0 Å². The summed E-state index contributed by atoms with van der Waals surface area (Å²) in [7, 11) is -6.91. The molecule has 0 radical (unpaired) electrons. The van der Waals surface area contributed by atoms with Crippen molar-refractivity contribution in [3.05, 3.63) is 0 Å². The lowest BCUT2D eigenvalue weighted by atomic mass is 10.9. The van der Waals surface area contributed by atoms with E-state index in [-0.39, 0.29) is 32.0 Å². The van der Waals surface area contributed by atoms with Gasteiger partial charge in [0.2, 0.25) is 0 Å². The van der Waals surface area contributed by atoms with Gasteiger partial charge in [0.1, 0.15) is 0 Å². The fourth-order valence-corrected chi connectivity index (χ4v) is 5.13. The van der Waals surface area contributed by atoms with Crippen LogP contribution < -0.4 is 0 Å². The summed E-state index contributed by atoms with van der Waals surface area (Å²) in [6.07, 6.45) is -0.0338. The molecular formula is C8H21O6PSi. The maximum Gasteiger partial charge on any atom is 0.496 e. The Kier molecular flexibility index (Phi) is 7.67. The SMILES string of the molecule is CCO[Si](O)(O)CCP(=O)(OCC)OCC. The second-order valence-electron chi connectivity index (χ2n) is 3.10. The van der Waals surface area contributed by atoms with E-state index in [0.717, 1.165) is 0 Å². The number of hydrogen-bond donors (Lipinski definition) is 2. The minimum atomic E-state index is -3.70. The van der Waals surface area contributed by atoms with Gasteiger partial charge in [-0.25, -0.2) is 0 Å². The molecule has 2 N–H and O–H groups in total. The molecule has 0 unspecified atom stereocenters. The second-order valence-corrected chi connectivity index (χ2v) is 7.56. The van der Waals surface area contributed by atoms with Crippen LogP contribution in [0.3, 0.4) is 0 Å². The van der Waals surface area contributed by atoms with Gasteiger partial charge in [0.25, 0.3) is 0 Å². The molecule has 6 nitrogen and oxygen atoms in total. The topological polar surface area (TPSA) is 85.2 Å². The van der Waals surface area contributed by atoms with Crippen LogP contribution in [0.2, 0.25) is 6.04 Å². The van der Waals surface area contributed by atoms with Crippen molar-refractivity contribution in [2.24, 2.45) is 0 Å². The first kappa shape index (κ1) is 16.2. The third-order valence-corrected chi connectivity index (χ3v) is 5.89. The predicted octanol–water partition coefficient (Wildman–Crippen LogP) is 1.21. The standard InChI is InChI=1S/C8H21O6PSi/c1-4-12-15(9,13-5-2)7-8-16(10,11)14-6-3/h10-11H,4-8H2,1-3H3. The zero-order chi connectivity index (χ0) is 12.7. The van der Waals surface area contributed by atoms with E-state index in [9.17, 15) is 14.2 Å². The van der Waals surface area contributed by atoms with Crippen molar-refractivity contribution in [1.82, 2.24) is 0 Å². The van der Waals surface area contributed by atoms with E-state index in [1.807, 2.05) is 0 Å². The molecular weight excluding hydrogens is 251 g/mol. The minimum Gasteiger partial charge on any atom is -0.390 e. The van der Waals surface area contributed by atoms with E-state index in [4.69, 9.17) is 13.5 Å². The molecule has 0 bridgehead atoms. The largest absolute Gasteiger partial charge is 0.496 e. The van der Waals surface area contributed by atoms with Crippen molar-refractivity contribution in [3.8, 4) is 0 Å². The molecule has 0 atom stereocenters. The molecule has 8 heteroatoms. The fraction of sp³-hybridized carbons (Fsp3) is 1.00. The highest BCUT2D eigenvalue weighted by molar-refractivity contribution is 7.54. The average molecular weight is 272 g/mol. The van der Waals surface area contributed by atoms with Crippen LogP contribution in [0.1, 0.15) is 20.8 Å². The molecule has 0 fully saturated rings. The van der Waals surface area contributed by atoms with Crippen molar-refractivity contribution in [2.45, 2.75) is 26.8 Å². The van der Waals surface area contributed by atoms with E-state index < -0.39 is 16.4 Å². The Hall–Kier alpha value is 0.247. The monoisotopic (exact) mass is 272 g/mol. The molecule has 16 heavy (non-hydrogen) atoms. The van der Waals surface area contributed by atoms with Gasteiger partial charge in [-0.15, -0.1) is 0 Å². The highest BCUT2D eigenvalue weighted by Gasteiger charge is 2.36. The van der Waals surface area contributed by atoms with Crippen LogP contribution in [-0.2, 0) is 18.0 Å².